The number of carbonyl (C=O) groups is 6. The fraction of sp³-hybridized carbons (Fsp3) is 0.500. The molecule has 0 spiro atoms. The Hall–Kier alpha value is -3.76. The third kappa shape index (κ3) is 4.04. The number of carboxylic acid groups (broad SMARTS) is 1. The SMILES string of the molecule is O=C1CCC(N2C(=O)c3cccc(N4CCC(CC(=O)N5CC(C(=O)O)C5)CC4)c3C2=O)C(=O)N1. The maximum absolute atomic E-state index is 13.3. The first-order valence-corrected chi connectivity index (χ1v) is 11.8. The minimum absolute atomic E-state index is 0.0257. The van der Waals surface area contributed by atoms with Gasteiger partial charge >= 0.3 is 5.97 Å². The molecule has 35 heavy (non-hydrogen) atoms. The van der Waals surface area contributed by atoms with Crippen molar-refractivity contribution >= 4 is 41.2 Å². The third-order valence-electron chi connectivity index (χ3n) is 7.45. The van der Waals surface area contributed by atoms with Crippen LogP contribution in [0.4, 0.5) is 5.69 Å². The second-order valence-corrected chi connectivity index (χ2v) is 9.62. The van der Waals surface area contributed by atoms with Crippen LogP contribution in [0.5, 0.6) is 0 Å². The van der Waals surface area contributed by atoms with Gasteiger partial charge in [0.15, 0.2) is 0 Å². The van der Waals surface area contributed by atoms with Crippen molar-refractivity contribution in [3.05, 3.63) is 29.3 Å². The molecule has 0 aliphatic carbocycles. The number of imide groups is 2. The van der Waals surface area contributed by atoms with Crippen LogP contribution in [-0.2, 0) is 19.2 Å². The number of anilines is 1. The van der Waals surface area contributed by atoms with Crippen molar-refractivity contribution < 1.29 is 33.9 Å². The summed E-state index contributed by atoms with van der Waals surface area (Å²) in [7, 11) is 0. The number of carbonyl (C=O) groups excluding carboxylic acids is 5. The van der Waals surface area contributed by atoms with Crippen LogP contribution in [0, 0.1) is 11.8 Å². The number of fused-ring (bicyclic) bond motifs is 1. The molecule has 184 valence electrons. The van der Waals surface area contributed by atoms with Crippen molar-refractivity contribution in [2.24, 2.45) is 11.8 Å². The van der Waals surface area contributed by atoms with E-state index in [1.807, 2.05) is 4.90 Å². The van der Waals surface area contributed by atoms with Gasteiger partial charge in [-0.25, -0.2) is 0 Å². The van der Waals surface area contributed by atoms with E-state index >= 15 is 0 Å². The van der Waals surface area contributed by atoms with Gasteiger partial charge in [-0.05, 0) is 37.3 Å². The van der Waals surface area contributed by atoms with Gasteiger partial charge in [-0.3, -0.25) is 39.0 Å². The minimum atomic E-state index is -1.01. The smallest absolute Gasteiger partial charge is 0.310 e. The van der Waals surface area contributed by atoms with Crippen molar-refractivity contribution in [1.82, 2.24) is 15.1 Å². The van der Waals surface area contributed by atoms with E-state index in [2.05, 4.69) is 5.32 Å². The Labute approximate surface area is 201 Å². The summed E-state index contributed by atoms with van der Waals surface area (Å²) < 4.78 is 0. The monoisotopic (exact) mass is 482 g/mol. The van der Waals surface area contributed by atoms with E-state index in [0.717, 1.165) is 17.7 Å². The lowest BCUT2D eigenvalue weighted by Crippen LogP contribution is -2.54. The van der Waals surface area contributed by atoms with Gasteiger partial charge in [0.25, 0.3) is 11.8 Å². The Morgan fingerprint density at radius 1 is 1.00 bits per heavy atom. The number of piperidine rings is 2. The van der Waals surface area contributed by atoms with Crippen LogP contribution in [0.25, 0.3) is 0 Å². The van der Waals surface area contributed by atoms with Crippen molar-refractivity contribution in [3.63, 3.8) is 0 Å². The summed E-state index contributed by atoms with van der Waals surface area (Å²) in [5, 5.41) is 11.2. The van der Waals surface area contributed by atoms with Gasteiger partial charge in [-0.15, -0.1) is 0 Å². The van der Waals surface area contributed by atoms with Crippen LogP contribution in [0.3, 0.4) is 0 Å². The number of likely N-dealkylation sites (tertiary alicyclic amines) is 1. The average Bonchev–Trinajstić information content (AvgIpc) is 3.03. The Morgan fingerprint density at radius 2 is 1.71 bits per heavy atom. The molecule has 1 aromatic carbocycles. The summed E-state index contributed by atoms with van der Waals surface area (Å²) in [6, 6.07) is 4.07. The molecule has 1 unspecified atom stereocenters. The average molecular weight is 482 g/mol. The zero-order valence-corrected chi connectivity index (χ0v) is 19.1. The van der Waals surface area contributed by atoms with Crippen LogP contribution in [-0.4, -0.2) is 82.6 Å². The molecule has 3 saturated heterocycles. The molecular formula is C24H26N4O7. The lowest BCUT2D eigenvalue weighted by Gasteiger charge is -2.39. The first-order chi connectivity index (χ1) is 16.7. The van der Waals surface area contributed by atoms with Crippen LogP contribution < -0.4 is 10.2 Å². The second-order valence-electron chi connectivity index (χ2n) is 9.62. The first-order valence-electron chi connectivity index (χ1n) is 11.8. The molecule has 4 aliphatic rings. The molecule has 0 bridgehead atoms. The minimum Gasteiger partial charge on any atom is -0.481 e. The van der Waals surface area contributed by atoms with Gasteiger partial charge in [0, 0.05) is 39.0 Å². The number of rotatable bonds is 5. The van der Waals surface area contributed by atoms with E-state index in [0.29, 0.717) is 25.2 Å². The molecule has 3 fully saturated rings. The fourth-order valence-electron chi connectivity index (χ4n) is 5.35. The maximum Gasteiger partial charge on any atom is 0.310 e. The lowest BCUT2D eigenvalue weighted by atomic mass is 9.90. The van der Waals surface area contributed by atoms with Crippen LogP contribution in [0.2, 0.25) is 0 Å². The summed E-state index contributed by atoms with van der Waals surface area (Å²) in [6.45, 7) is 1.74. The molecule has 2 N–H and O–H groups in total. The van der Waals surface area contributed by atoms with Crippen molar-refractivity contribution in [2.45, 2.75) is 38.1 Å². The van der Waals surface area contributed by atoms with E-state index < -0.39 is 41.6 Å². The molecule has 0 aromatic heterocycles. The van der Waals surface area contributed by atoms with E-state index in [4.69, 9.17) is 5.11 Å². The van der Waals surface area contributed by atoms with E-state index in [9.17, 15) is 28.8 Å². The Morgan fingerprint density at radius 3 is 2.37 bits per heavy atom. The zero-order chi connectivity index (χ0) is 24.9. The van der Waals surface area contributed by atoms with Crippen molar-refractivity contribution in [2.75, 3.05) is 31.1 Å². The summed E-state index contributed by atoms with van der Waals surface area (Å²) in [5.74, 6) is -3.32. The zero-order valence-electron chi connectivity index (χ0n) is 19.1. The predicted octanol–water partition coefficient (Wildman–Crippen LogP) is 0.237. The molecule has 0 saturated carbocycles. The van der Waals surface area contributed by atoms with Gasteiger partial charge in [0.2, 0.25) is 17.7 Å². The highest BCUT2D eigenvalue weighted by molar-refractivity contribution is 6.25. The van der Waals surface area contributed by atoms with Crippen LogP contribution >= 0.6 is 0 Å². The molecule has 4 aliphatic heterocycles. The number of amides is 5. The van der Waals surface area contributed by atoms with Gasteiger partial charge in [-0.2, -0.15) is 0 Å². The predicted molar refractivity (Wildman–Crippen MR) is 120 cm³/mol. The van der Waals surface area contributed by atoms with E-state index in [1.54, 1.807) is 23.1 Å². The molecule has 0 radical (unpaired) electrons. The number of carboxylic acids is 1. The molecule has 5 rings (SSSR count). The Balaban J connectivity index is 1.24. The molecule has 1 atom stereocenters. The maximum atomic E-state index is 13.3. The van der Waals surface area contributed by atoms with Crippen molar-refractivity contribution in [1.29, 1.82) is 0 Å². The van der Waals surface area contributed by atoms with Gasteiger partial charge < -0.3 is 14.9 Å². The van der Waals surface area contributed by atoms with E-state index in [-0.39, 0.29) is 48.9 Å². The highest BCUT2D eigenvalue weighted by Crippen LogP contribution is 2.36. The summed E-state index contributed by atoms with van der Waals surface area (Å²) in [5.41, 5.74) is 1.16. The molecule has 5 amide bonds. The molecular weight excluding hydrogens is 456 g/mol. The molecule has 11 heteroatoms. The van der Waals surface area contributed by atoms with Crippen molar-refractivity contribution in [3.8, 4) is 0 Å². The lowest BCUT2D eigenvalue weighted by molar-refractivity contribution is -0.153. The normalized spacial score (nSPS) is 23.3. The highest BCUT2D eigenvalue weighted by atomic mass is 16.4. The van der Waals surface area contributed by atoms with Gasteiger partial charge in [0.05, 0.1) is 22.7 Å². The number of hydrogen-bond donors (Lipinski definition) is 2. The summed E-state index contributed by atoms with van der Waals surface area (Å²) >= 11 is 0. The quantitative estimate of drug-likeness (QED) is 0.568. The number of benzene rings is 1. The Bertz CT molecular complexity index is 1130. The number of aliphatic carboxylic acids is 1. The molecule has 1 aromatic rings. The standard InChI is InChI=1S/C24H26N4O7/c29-18-5-4-17(21(31)25-18)28-22(32)15-2-1-3-16(20(15)23(28)33)26-8-6-13(7-9-26)10-19(30)27-11-14(12-27)24(34)35/h1-3,13-14,17H,4-12H2,(H,34,35)(H,25,29,31). The van der Waals surface area contributed by atoms with E-state index in [1.165, 1.54) is 0 Å². The first kappa shape index (κ1) is 23.0. The number of nitrogens with zero attached hydrogens (tertiary/aromatic N) is 3. The summed E-state index contributed by atoms with van der Waals surface area (Å²) in [4.78, 5) is 78.2. The van der Waals surface area contributed by atoms with Gasteiger partial charge in [0.1, 0.15) is 6.04 Å². The Kier molecular flexibility index (Phi) is 5.78. The largest absolute Gasteiger partial charge is 0.481 e. The van der Waals surface area contributed by atoms with Gasteiger partial charge in [-0.1, -0.05) is 6.07 Å². The second kappa shape index (κ2) is 8.79. The summed E-state index contributed by atoms with van der Waals surface area (Å²) in [6.07, 6.45) is 2.00. The topological polar surface area (TPSA) is 144 Å². The molecule has 11 nitrogen and oxygen atoms in total. The fourth-order valence-corrected chi connectivity index (χ4v) is 5.35. The number of hydrogen-bond acceptors (Lipinski definition) is 7. The third-order valence-corrected chi connectivity index (χ3v) is 7.45. The highest BCUT2D eigenvalue weighted by Gasteiger charge is 2.46. The molecule has 4 heterocycles. The number of nitrogens with one attached hydrogen (secondary N) is 1. The van der Waals surface area contributed by atoms with Crippen LogP contribution in [0.15, 0.2) is 18.2 Å². The van der Waals surface area contributed by atoms with Crippen LogP contribution in [0.1, 0.15) is 52.8 Å².